The van der Waals surface area contributed by atoms with Crippen molar-refractivity contribution in [3.05, 3.63) is 82.3 Å². The largest absolute Gasteiger partial charge is 0.436 e. The Morgan fingerprint density at radius 3 is 2.08 bits per heavy atom. The van der Waals surface area contributed by atoms with Gasteiger partial charge in [0.05, 0.1) is 0 Å². The third-order valence-electron chi connectivity index (χ3n) is 4.38. The second-order valence-corrected chi connectivity index (χ2v) is 7.14. The summed E-state index contributed by atoms with van der Waals surface area (Å²) in [4.78, 5) is 0. The molecule has 0 saturated heterocycles. The lowest BCUT2D eigenvalue weighted by molar-refractivity contribution is 0.455. The molecule has 0 spiro atoms. The molecular weight excluding hydrogens is 388 g/mol. The van der Waals surface area contributed by atoms with Gasteiger partial charge in [0.2, 0.25) is 5.88 Å². The Morgan fingerprint density at radius 2 is 1.38 bits per heavy atom. The summed E-state index contributed by atoms with van der Waals surface area (Å²) in [6, 6.07) is 22.3. The number of fused-ring (bicyclic) bond motifs is 1. The Morgan fingerprint density at radius 1 is 0.731 bits per heavy atom. The molecule has 0 atom stereocenters. The van der Waals surface area contributed by atoms with Gasteiger partial charge in [-0.1, -0.05) is 64.5 Å². The van der Waals surface area contributed by atoms with Gasteiger partial charge < -0.3 is 4.74 Å². The Balaban J connectivity index is 1.86. The predicted molar refractivity (Wildman–Crippen MR) is 109 cm³/mol. The predicted octanol–water partition coefficient (Wildman–Crippen LogP) is 6.47. The number of aromatic nitrogens is 2. The first-order valence-corrected chi connectivity index (χ1v) is 9.18. The summed E-state index contributed by atoms with van der Waals surface area (Å²) < 4.78 is 7.22. The highest BCUT2D eigenvalue weighted by atomic mass is 79.9. The topological polar surface area (TPSA) is 35.0 Å². The van der Waals surface area contributed by atoms with Crippen molar-refractivity contribution >= 4 is 26.7 Å². The van der Waals surface area contributed by atoms with Crippen molar-refractivity contribution in [2.24, 2.45) is 0 Å². The fourth-order valence-corrected chi connectivity index (χ4v) is 3.30. The molecule has 26 heavy (non-hydrogen) atoms. The van der Waals surface area contributed by atoms with Crippen LogP contribution in [0.5, 0.6) is 11.6 Å². The quantitative estimate of drug-likeness (QED) is 0.392. The van der Waals surface area contributed by atoms with Gasteiger partial charge in [-0.2, -0.15) is 0 Å². The summed E-state index contributed by atoms with van der Waals surface area (Å²) in [5, 5.41) is 10.8. The number of halogens is 1. The van der Waals surface area contributed by atoms with Crippen molar-refractivity contribution < 1.29 is 4.74 Å². The van der Waals surface area contributed by atoms with Crippen molar-refractivity contribution in [3.8, 4) is 22.9 Å². The summed E-state index contributed by atoms with van der Waals surface area (Å²) in [6.07, 6.45) is 0. The standard InChI is InChI=1S/C22H17BrN2O/c1-14-6-5-7-15(2)21(14)26-22-19-9-4-3-8-18(19)20(24-25-22)16-10-12-17(23)13-11-16/h3-13H,1-2H3. The van der Waals surface area contributed by atoms with Gasteiger partial charge in [-0.15, -0.1) is 10.2 Å². The van der Waals surface area contributed by atoms with Gasteiger partial charge in [0.1, 0.15) is 11.4 Å². The zero-order chi connectivity index (χ0) is 18.1. The Hall–Kier alpha value is -2.72. The highest BCUT2D eigenvalue weighted by Gasteiger charge is 2.14. The van der Waals surface area contributed by atoms with Crippen LogP contribution in [-0.2, 0) is 0 Å². The van der Waals surface area contributed by atoms with Gasteiger partial charge in [0.15, 0.2) is 0 Å². The van der Waals surface area contributed by atoms with Gasteiger partial charge in [0.25, 0.3) is 0 Å². The van der Waals surface area contributed by atoms with E-state index in [0.717, 1.165) is 43.4 Å². The normalized spacial score (nSPS) is 10.9. The lowest BCUT2D eigenvalue weighted by Gasteiger charge is -2.13. The second kappa shape index (κ2) is 6.89. The molecule has 0 amide bonds. The molecule has 0 bridgehead atoms. The van der Waals surface area contributed by atoms with E-state index in [1.54, 1.807) is 0 Å². The second-order valence-electron chi connectivity index (χ2n) is 6.23. The van der Waals surface area contributed by atoms with Crippen molar-refractivity contribution in [2.45, 2.75) is 13.8 Å². The van der Waals surface area contributed by atoms with Crippen LogP contribution in [0.15, 0.2) is 71.2 Å². The van der Waals surface area contributed by atoms with E-state index in [2.05, 4.69) is 32.2 Å². The van der Waals surface area contributed by atoms with Gasteiger partial charge in [-0.25, -0.2) is 0 Å². The molecule has 4 heteroatoms. The van der Waals surface area contributed by atoms with Gasteiger partial charge in [-0.3, -0.25) is 0 Å². The molecule has 0 N–H and O–H groups in total. The first-order chi connectivity index (χ1) is 12.6. The number of benzene rings is 3. The monoisotopic (exact) mass is 404 g/mol. The summed E-state index contributed by atoms with van der Waals surface area (Å²) >= 11 is 3.47. The molecule has 1 heterocycles. The van der Waals surface area contributed by atoms with E-state index in [-0.39, 0.29) is 0 Å². The van der Waals surface area contributed by atoms with E-state index in [1.807, 2.05) is 74.5 Å². The SMILES string of the molecule is Cc1cccc(C)c1Oc1nnc(-c2ccc(Br)cc2)c2ccccc12. The fraction of sp³-hybridized carbons (Fsp3) is 0.0909. The van der Waals surface area contributed by atoms with E-state index >= 15 is 0 Å². The number of hydrogen-bond donors (Lipinski definition) is 0. The Bertz CT molecular complexity index is 1070. The fourth-order valence-electron chi connectivity index (χ4n) is 3.03. The highest BCUT2D eigenvalue weighted by molar-refractivity contribution is 9.10. The summed E-state index contributed by atoms with van der Waals surface area (Å²) in [6.45, 7) is 4.07. The molecule has 0 fully saturated rings. The lowest BCUT2D eigenvalue weighted by atomic mass is 10.1. The molecule has 0 saturated carbocycles. The molecule has 0 radical (unpaired) electrons. The lowest BCUT2D eigenvalue weighted by Crippen LogP contribution is -1.98. The van der Waals surface area contributed by atoms with E-state index in [1.165, 1.54) is 0 Å². The van der Waals surface area contributed by atoms with Gasteiger partial charge in [0, 0.05) is 20.8 Å². The van der Waals surface area contributed by atoms with Crippen molar-refractivity contribution in [1.29, 1.82) is 0 Å². The molecule has 0 unspecified atom stereocenters. The Labute approximate surface area is 160 Å². The maximum absolute atomic E-state index is 6.18. The molecule has 3 nitrogen and oxygen atoms in total. The molecule has 128 valence electrons. The van der Waals surface area contributed by atoms with Crippen molar-refractivity contribution in [1.82, 2.24) is 10.2 Å². The first-order valence-electron chi connectivity index (χ1n) is 8.39. The summed E-state index contributed by atoms with van der Waals surface area (Å²) in [7, 11) is 0. The van der Waals surface area contributed by atoms with Crippen LogP contribution in [0.4, 0.5) is 0 Å². The van der Waals surface area contributed by atoms with E-state index in [4.69, 9.17) is 4.74 Å². The van der Waals surface area contributed by atoms with Crippen molar-refractivity contribution in [2.75, 3.05) is 0 Å². The van der Waals surface area contributed by atoms with Crippen LogP contribution in [-0.4, -0.2) is 10.2 Å². The van der Waals surface area contributed by atoms with Gasteiger partial charge >= 0.3 is 0 Å². The molecular formula is C22H17BrN2O. The molecule has 0 aliphatic rings. The number of aryl methyl sites for hydroxylation is 2. The third kappa shape index (κ3) is 3.08. The van der Waals surface area contributed by atoms with Crippen LogP contribution in [0, 0.1) is 13.8 Å². The van der Waals surface area contributed by atoms with Crippen LogP contribution in [0.25, 0.3) is 22.0 Å². The molecule has 1 aromatic heterocycles. The number of nitrogens with zero attached hydrogens (tertiary/aromatic N) is 2. The van der Waals surface area contributed by atoms with Crippen LogP contribution in [0.3, 0.4) is 0 Å². The number of rotatable bonds is 3. The van der Waals surface area contributed by atoms with E-state index in [9.17, 15) is 0 Å². The molecule has 4 rings (SSSR count). The molecule has 4 aromatic rings. The Kier molecular flexibility index (Phi) is 4.43. The number of hydrogen-bond acceptors (Lipinski definition) is 3. The minimum atomic E-state index is 0.527. The third-order valence-corrected chi connectivity index (χ3v) is 4.91. The first kappa shape index (κ1) is 16.7. The highest BCUT2D eigenvalue weighted by Crippen LogP contribution is 2.35. The molecule has 0 aliphatic carbocycles. The maximum Gasteiger partial charge on any atom is 0.246 e. The smallest absolute Gasteiger partial charge is 0.246 e. The number of para-hydroxylation sites is 1. The maximum atomic E-state index is 6.18. The van der Waals surface area contributed by atoms with Gasteiger partial charge in [-0.05, 0) is 43.2 Å². The van der Waals surface area contributed by atoms with Crippen molar-refractivity contribution in [3.63, 3.8) is 0 Å². The minimum absolute atomic E-state index is 0.527. The zero-order valence-corrected chi connectivity index (χ0v) is 16.1. The number of ether oxygens (including phenoxy) is 1. The minimum Gasteiger partial charge on any atom is -0.436 e. The molecule has 0 aliphatic heterocycles. The molecule has 3 aromatic carbocycles. The average Bonchev–Trinajstić information content (AvgIpc) is 2.66. The summed E-state index contributed by atoms with van der Waals surface area (Å²) in [5.74, 6) is 1.36. The summed E-state index contributed by atoms with van der Waals surface area (Å²) in [5.41, 5.74) is 4.03. The van der Waals surface area contributed by atoms with E-state index in [0.29, 0.717) is 5.88 Å². The van der Waals surface area contributed by atoms with Crippen LogP contribution in [0.1, 0.15) is 11.1 Å². The zero-order valence-electron chi connectivity index (χ0n) is 14.5. The van der Waals surface area contributed by atoms with Crippen LogP contribution in [0.2, 0.25) is 0 Å². The average molecular weight is 405 g/mol. The van der Waals surface area contributed by atoms with Crippen LogP contribution < -0.4 is 4.74 Å². The van der Waals surface area contributed by atoms with Crippen LogP contribution >= 0.6 is 15.9 Å². The van der Waals surface area contributed by atoms with E-state index < -0.39 is 0 Å².